The first kappa shape index (κ1) is 22.6. The zero-order chi connectivity index (χ0) is 22.8. The van der Waals surface area contributed by atoms with Gasteiger partial charge in [0, 0.05) is 35.1 Å². The third-order valence-corrected chi connectivity index (χ3v) is 6.55. The molecule has 162 valence electrons. The number of rotatable bonds is 6. The van der Waals surface area contributed by atoms with Crippen molar-refractivity contribution in [2.45, 2.75) is 25.7 Å². The van der Waals surface area contributed by atoms with Gasteiger partial charge in [0.2, 0.25) is 5.91 Å². The van der Waals surface area contributed by atoms with Gasteiger partial charge in [-0.05, 0) is 62.7 Å². The van der Waals surface area contributed by atoms with E-state index in [0.717, 1.165) is 17.0 Å². The molecular formula is C22H23ClN4O3S. The van der Waals surface area contributed by atoms with Gasteiger partial charge in [-0.2, -0.15) is 5.10 Å². The van der Waals surface area contributed by atoms with Crippen LogP contribution in [0.25, 0.3) is 6.08 Å². The number of sulfonamides is 1. The summed E-state index contributed by atoms with van der Waals surface area (Å²) in [6.07, 6.45) is 3.09. The molecule has 1 aromatic heterocycles. The van der Waals surface area contributed by atoms with E-state index in [1.165, 1.54) is 18.2 Å². The SMILES string of the molecule is Cc1ccc(NC(=O)/C=C/c2c(C)nn(C)c2C)cc1S(=O)(=O)Nc1cccc(Cl)c1. The molecule has 0 unspecified atom stereocenters. The summed E-state index contributed by atoms with van der Waals surface area (Å²) in [7, 11) is -2.03. The number of nitrogens with one attached hydrogen (secondary N) is 2. The number of hydrogen-bond acceptors (Lipinski definition) is 4. The lowest BCUT2D eigenvalue weighted by molar-refractivity contribution is -0.111. The number of nitrogens with zero attached hydrogens (tertiary/aromatic N) is 2. The van der Waals surface area contributed by atoms with E-state index in [1.54, 1.807) is 48.0 Å². The quantitative estimate of drug-likeness (QED) is 0.533. The Hall–Kier alpha value is -3.10. The van der Waals surface area contributed by atoms with Crippen LogP contribution in [0.3, 0.4) is 0 Å². The van der Waals surface area contributed by atoms with Crippen molar-refractivity contribution in [2.75, 3.05) is 10.0 Å². The average molecular weight is 459 g/mol. The largest absolute Gasteiger partial charge is 0.322 e. The smallest absolute Gasteiger partial charge is 0.262 e. The normalized spacial score (nSPS) is 11.6. The van der Waals surface area contributed by atoms with Crippen molar-refractivity contribution >= 4 is 45.0 Å². The monoisotopic (exact) mass is 458 g/mol. The van der Waals surface area contributed by atoms with Crippen LogP contribution in [0.4, 0.5) is 11.4 Å². The first-order valence-electron chi connectivity index (χ1n) is 9.45. The zero-order valence-corrected chi connectivity index (χ0v) is 19.2. The molecule has 0 radical (unpaired) electrons. The van der Waals surface area contributed by atoms with E-state index in [-0.39, 0.29) is 10.8 Å². The molecule has 3 aromatic rings. The number of anilines is 2. The molecule has 0 atom stereocenters. The van der Waals surface area contributed by atoms with E-state index in [1.807, 2.05) is 20.9 Å². The summed E-state index contributed by atoms with van der Waals surface area (Å²) in [6, 6.07) is 11.2. The summed E-state index contributed by atoms with van der Waals surface area (Å²) in [4.78, 5) is 12.4. The second kappa shape index (κ2) is 8.95. The molecule has 0 saturated heterocycles. The topological polar surface area (TPSA) is 93.1 Å². The Morgan fingerprint density at radius 3 is 2.48 bits per heavy atom. The summed E-state index contributed by atoms with van der Waals surface area (Å²) in [5.74, 6) is -0.377. The summed E-state index contributed by atoms with van der Waals surface area (Å²) in [5.41, 5.74) is 3.90. The lowest BCUT2D eigenvalue weighted by Crippen LogP contribution is -2.15. The van der Waals surface area contributed by atoms with Crippen LogP contribution in [-0.2, 0) is 21.9 Å². The van der Waals surface area contributed by atoms with Crippen molar-refractivity contribution < 1.29 is 13.2 Å². The van der Waals surface area contributed by atoms with Gasteiger partial charge in [-0.15, -0.1) is 0 Å². The minimum Gasteiger partial charge on any atom is -0.322 e. The van der Waals surface area contributed by atoms with Gasteiger partial charge in [0.25, 0.3) is 10.0 Å². The number of benzene rings is 2. The molecule has 0 aliphatic heterocycles. The van der Waals surface area contributed by atoms with Crippen molar-refractivity contribution in [3.63, 3.8) is 0 Å². The molecule has 0 aliphatic carbocycles. The molecule has 2 aromatic carbocycles. The highest BCUT2D eigenvalue weighted by molar-refractivity contribution is 7.92. The Morgan fingerprint density at radius 2 is 1.84 bits per heavy atom. The first-order chi connectivity index (χ1) is 14.6. The van der Waals surface area contributed by atoms with Crippen molar-refractivity contribution in [1.82, 2.24) is 9.78 Å². The van der Waals surface area contributed by atoms with Crippen LogP contribution < -0.4 is 10.0 Å². The average Bonchev–Trinajstić information content (AvgIpc) is 2.92. The van der Waals surface area contributed by atoms with Crippen molar-refractivity contribution in [3.8, 4) is 0 Å². The molecule has 0 spiro atoms. The Labute approximate surface area is 186 Å². The van der Waals surface area contributed by atoms with Crippen LogP contribution in [-0.4, -0.2) is 24.1 Å². The fourth-order valence-corrected chi connectivity index (χ4v) is 4.62. The van der Waals surface area contributed by atoms with Gasteiger partial charge in [-0.1, -0.05) is 23.7 Å². The van der Waals surface area contributed by atoms with E-state index in [4.69, 9.17) is 11.6 Å². The summed E-state index contributed by atoms with van der Waals surface area (Å²) in [5, 5.41) is 7.44. The van der Waals surface area contributed by atoms with Crippen LogP contribution in [0.2, 0.25) is 5.02 Å². The third kappa shape index (κ3) is 5.34. The maximum atomic E-state index is 12.9. The number of amides is 1. The van der Waals surface area contributed by atoms with Crippen molar-refractivity contribution in [2.24, 2.45) is 7.05 Å². The maximum Gasteiger partial charge on any atom is 0.262 e. The predicted octanol–water partition coefficient (Wildman–Crippen LogP) is 4.45. The molecule has 0 saturated carbocycles. The van der Waals surface area contributed by atoms with E-state index in [9.17, 15) is 13.2 Å². The Bertz CT molecular complexity index is 1280. The fourth-order valence-electron chi connectivity index (χ4n) is 3.10. The molecule has 31 heavy (non-hydrogen) atoms. The predicted molar refractivity (Wildman–Crippen MR) is 124 cm³/mol. The van der Waals surface area contributed by atoms with Crippen LogP contribution >= 0.6 is 11.6 Å². The zero-order valence-electron chi connectivity index (χ0n) is 17.6. The molecule has 0 bridgehead atoms. The second-order valence-corrected chi connectivity index (χ2v) is 9.21. The molecule has 7 nitrogen and oxygen atoms in total. The summed E-state index contributed by atoms with van der Waals surface area (Å²) in [6.45, 7) is 5.47. The standard InChI is InChI=1S/C22H23ClN4O3S/c1-14-8-9-18(24-22(28)11-10-20-15(2)25-27(4)16(20)3)13-21(14)31(29,30)26-19-7-5-6-17(23)12-19/h5-13,26H,1-4H3,(H,24,28)/b11-10+. The lowest BCUT2D eigenvalue weighted by Gasteiger charge is -2.12. The lowest BCUT2D eigenvalue weighted by atomic mass is 10.2. The number of aromatic nitrogens is 2. The molecule has 0 fully saturated rings. The van der Waals surface area contributed by atoms with Gasteiger partial charge in [0.15, 0.2) is 0 Å². The number of aryl methyl sites for hydroxylation is 3. The number of halogens is 1. The van der Waals surface area contributed by atoms with Gasteiger partial charge in [-0.25, -0.2) is 8.42 Å². The van der Waals surface area contributed by atoms with Gasteiger partial charge in [0.1, 0.15) is 0 Å². The van der Waals surface area contributed by atoms with Crippen molar-refractivity contribution in [3.05, 3.63) is 76.1 Å². The van der Waals surface area contributed by atoms with Crippen LogP contribution in [0.1, 0.15) is 22.5 Å². The summed E-state index contributed by atoms with van der Waals surface area (Å²) < 4.78 is 30.0. The Kier molecular flexibility index (Phi) is 6.52. The Morgan fingerprint density at radius 1 is 1.10 bits per heavy atom. The molecule has 2 N–H and O–H groups in total. The number of carbonyl (C=O) groups excluding carboxylic acids is 1. The first-order valence-corrected chi connectivity index (χ1v) is 11.3. The van der Waals surface area contributed by atoms with Crippen LogP contribution in [0.5, 0.6) is 0 Å². The van der Waals surface area contributed by atoms with Crippen molar-refractivity contribution in [1.29, 1.82) is 0 Å². The van der Waals surface area contributed by atoms with Gasteiger partial charge >= 0.3 is 0 Å². The highest BCUT2D eigenvalue weighted by atomic mass is 35.5. The molecule has 0 aliphatic rings. The van der Waals surface area contributed by atoms with E-state index in [0.29, 0.717) is 22.0 Å². The molecular weight excluding hydrogens is 436 g/mol. The highest BCUT2D eigenvalue weighted by Crippen LogP contribution is 2.24. The van der Waals surface area contributed by atoms with Gasteiger partial charge in [0.05, 0.1) is 16.3 Å². The number of carbonyl (C=O) groups is 1. The molecule has 1 amide bonds. The van der Waals surface area contributed by atoms with Crippen LogP contribution in [0.15, 0.2) is 53.4 Å². The Balaban J connectivity index is 1.80. The van der Waals surface area contributed by atoms with Crippen LogP contribution in [0, 0.1) is 20.8 Å². The maximum absolute atomic E-state index is 12.9. The minimum absolute atomic E-state index is 0.0632. The molecule has 3 rings (SSSR count). The van der Waals surface area contributed by atoms with E-state index in [2.05, 4.69) is 15.1 Å². The van der Waals surface area contributed by atoms with Gasteiger partial charge < -0.3 is 5.32 Å². The fraction of sp³-hybridized carbons (Fsp3) is 0.182. The summed E-state index contributed by atoms with van der Waals surface area (Å²) >= 11 is 5.93. The molecule has 1 heterocycles. The minimum atomic E-state index is -3.87. The third-order valence-electron chi connectivity index (χ3n) is 4.79. The van der Waals surface area contributed by atoms with E-state index < -0.39 is 10.0 Å². The highest BCUT2D eigenvalue weighted by Gasteiger charge is 2.18. The second-order valence-electron chi connectivity index (χ2n) is 7.13. The van der Waals surface area contributed by atoms with Gasteiger partial charge in [-0.3, -0.25) is 14.2 Å². The number of hydrogen-bond donors (Lipinski definition) is 2. The molecule has 9 heteroatoms. The van der Waals surface area contributed by atoms with E-state index >= 15 is 0 Å².